The van der Waals surface area contributed by atoms with Crippen LogP contribution in [0.15, 0.2) is 46.6 Å². The zero-order valence-corrected chi connectivity index (χ0v) is 22.2. The van der Waals surface area contributed by atoms with E-state index >= 15 is 0 Å². The maximum absolute atomic E-state index is 7.07. The first-order valence-electron chi connectivity index (χ1n) is 12.2. The van der Waals surface area contributed by atoms with Gasteiger partial charge in [0.2, 0.25) is 0 Å². The Labute approximate surface area is 183 Å². The summed E-state index contributed by atoms with van der Waals surface area (Å²) < 4.78 is 7.07. The Morgan fingerprint density at radius 1 is 0.621 bits per heavy atom. The average molecular weight is 431 g/mol. The van der Waals surface area contributed by atoms with Gasteiger partial charge in [0.05, 0.1) is 0 Å². The van der Waals surface area contributed by atoms with Crippen molar-refractivity contribution in [3.8, 4) is 0 Å². The molecule has 0 spiro atoms. The Kier molecular flexibility index (Phi) is 9.90. The van der Waals surface area contributed by atoms with Gasteiger partial charge in [0.15, 0.2) is 16.6 Å². The van der Waals surface area contributed by atoms with E-state index in [1.807, 2.05) is 0 Å². The van der Waals surface area contributed by atoms with Gasteiger partial charge in [0.1, 0.15) is 0 Å². The largest absolute Gasteiger partial charge is 0.455 e. The molecule has 0 N–H and O–H groups in total. The third-order valence-corrected chi connectivity index (χ3v) is 13.3. The number of hydrogen-bond acceptors (Lipinski definition) is 1. The predicted molar refractivity (Wildman–Crippen MR) is 136 cm³/mol. The fraction of sp³-hybridized carbons (Fsp3) is 0.692. The van der Waals surface area contributed by atoms with Gasteiger partial charge in [-0.25, -0.2) is 0 Å². The average Bonchev–Trinajstić information content (AvgIpc) is 3.23. The minimum atomic E-state index is -1.68. The van der Waals surface area contributed by atoms with Gasteiger partial charge >= 0.3 is 0 Å². The van der Waals surface area contributed by atoms with Crippen LogP contribution in [0.3, 0.4) is 0 Å². The minimum Gasteiger partial charge on any atom is -0.455 e. The van der Waals surface area contributed by atoms with Crippen molar-refractivity contribution in [2.45, 2.75) is 116 Å². The Balaban J connectivity index is 2.00. The zero-order chi connectivity index (χ0) is 21.3. The predicted octanol–water partition coefficient (Wildman–Crippen LogP) is 9.09. The Bertz CT molecular complexity index is 594. The summed E-state index contributed by atoms with van der Waals surface area (Å²) >= 11 is 0. The van der Waals surface area contributed by atoms with Crippen molar-refractivity contribution < 1.29 is 4.12 Å². The first kappa shape index (κ1) is 24.6. The topological polar surface area (TPSA) is 9.23 Å². The van der Waals surface area contributed by atoms with Gasteiger partial charge in [0.25, 0.3) is 0 Å². The molecule has 0 radical (unpaired) electrons. The second-order valence-corrected chi connectivity index (χ2v) is 18.8. The molecule has 0 aromatic rings. The highest BCUT2D eigenvalue weighted by Crippen LogP contribution is 2.38. The molecule has 0 aromatic carbocycles. The van der Waals surface area contributed by atoms with Crippen molar-refractivity contribution in [2.75, 3.05) is 0 Å². The van der Waals surface area contributed by atoms with Crippen molar-refractivity contribution in [1.29, 1.82) is 0 Å². The standard InChI is InChI=1S/C26H46OSi2/c1-7-9-11-15-23-17-13-19-25(23)21-28(3,4)27-29(5,6)22-26-20-14-18-24(26)16-12-10-8-2/h9-12H,7-8,13-22H2,1-6H3/b11-9+,12-10+. The molecule has 0 atom stereocenters. The fourth-order valence-corrected chi connectivity index (χ4v) is 14.8. The third-order valence-electron chi connectivity index (χ3n) is 6.28. The summed E-state index contributed by atoms with van der Waals surface area (Å²) in [6, 6.07) is 2.51. The molecule has 0 unspecified atom stereocenters. The second kappa shape index (κ2) is 11.7. The molecule has 0 saturated heterocycles. The number of hydrogen-bond donors (Lipinski definition) is 0. The Hall–Kier alpha value is -0.646. The molecule has 164 valence electrons. The molecule has 29 heavy (non-hydrogen) atoms. The molecule has 2 rings (SSSR count). The molecule has 0 fully saturated rings. The van der Waals surface area contributed by atoms with Gasteiger partial charge in [-0.15, -0.1) is 0 Å². The molecular formula is C26H46OSi2. The molecule has 2 aliphatic carbocycles. The summed E-state index contributed by atoms with van der Waals surface area (Å²) in [7, 11) is -3.35. The summed E-state index contributed by atoms with van der Waals surface area (Å²) in [6.45, 7) is 14.3. The van der Waals surface area contributed by atoms with E-state index in [9.17, 15) is 0 Å². The van der Waals surface area contributed by atoms with Crippen LogP contribution in [0.25, 0.3) is 0 Å². The van der Waals surface area contributed by atoms with Gasteiger partial charge in [-0.05, 0) is 102 Å². The molecule has 0 aliphatic heterocycles. The zero-order valence-electron chi connectivity index (χ0n) is 20.2. The lowest BCUT2D eigenvalue weighted by Gasteiger charge is -2.35. The summed E-state index contributed by atoms with van der Waals surface area (Å²) in [4.78, 5) is 0. The molecule has 2 aliphatic rings. The van der Waals surface area contributed by atoms with Crippen LogP contribution in [0.2, 0.25) is 38.3 Å². The van der Waals surface area contributed by atoms with Crippen LogP contribution in [0, 0.1) is 0 Å². The lowest BCUT2D eigenvalue weighted by Crippen LogP contribution is -2.44. The quantitative estimate of drug-likeness (QED) is 0.221. The molecule has 0 saturated carbocycles. The van der Waals surface area contributed by atoms with Crippen LogP contribution >= 0.6 is 0 Å². The van der Waals surface area contributed by atoms with Crippen molar-refractivity contribution >= 4 is 16.6 Å². The first-order chi connectivity index (χ1) is 13.8. The van der Waals surface area contributed by atoms with Crippen molar-refractivity contribution in [1.82, 2.24) is 0 Å². The SMILES string of the molecule is CC/C=C/CC1=C(C[Si](C)(C)O[Si](C)(C)CC2=C(C/C=C/CC)CCC2)CCC1. The monoisotopic (exact) mass is 430 g/mol. The lowest BCUT2D eigenvalue weighted by atomic mass is 10.1. The van der Waals surface area contributed by atoms with Gasteiger partial charge < -0.3 is 4.12 Å². The van der Waals surface area contributed by atoms with E-state index in [0.717, 1.165) is 12.8 Å². The highest BCUT2D eigenvalue weighted by atomic mass is 28.4. The van der Waals surface area contributed by atoms with E-state index in [1.54, 1.807) is 22.3 Å². The van der Waals surface area contributed by atoms with Gasteiger partial charge in [-0.2, -0.15) is 0 Å². The molecule has 3 heteroatoms. The van der Waals surface area contributed by atoms with Crippen molar-refractivity contribution in [3.63, 3.8) is 0 Å². The summed E-state index contributed by atoms with van der Waals surface area (Å²) in [5, 5.41) is 0. The van der Waals surface area contributed by atoms with Crippen LogP contribution in [-0.2, 0) is 4.12 Å². The van der Waals surface area contributed by atoms with Crippen LogP contribution < -0.4 is 0 Å². The smallest absolute Gasteiger partial charge is 0.177 e. The van der Waals surface area contributed by atoms with Crippen LogP contribution in [0.4, 0.5) is 0 Å². The van der Waals surface area contributed by atoms with E-state index in [-0.39, 0.29) is 0 Å². The Morgan fingerprint density at radius 3 is 1.38 bits per heavy atom. The molecule has 0 amide bonds. The van der Waals surface area contributed by atoms with E-state index in [2.05, 4.69) is 64.3 Å². The maximum atomic E-state index is 7.07. The number of rotatable bonds is 12. The molecule has 1 nitrogen and oxygen atoms in total. The van der Waals surface area contributed by atoms with Gasteiger partial charge in [0, 0.05) is 0 Å². The number of allylic oxidation sites excluding steroid dienone is 8. The fourth-order valence-electron chi connectivity index (χ4n) is 5.29. The van der Waals surface area contributed by atoms with Gasteiger partial charge in [-0.3, -0.25) is 0 Å². The van der Waals surface area contributed by atoms with Crippen molar-refractivity contribution in [3.05, 3.63) is 46.6 Å². The normalized spacial score (nSPS) is 19.0. The van der Waals surface area contributed by atoms with Crippen molar-refractivity contribution in [2.24, 2.45) is 0 Å². The Morgan fingerprint density at radius 2 is 1.00 bits per heavy atom. The van der Waals surface area contributed by atoms with E-state index in [1.165, 1.54) is 63.5 Å². The highest BCUT2D eigenvalue weighted by molar-refractivity contribution is 6.85. The molecular weight excluding hydrogens is 384 g/mol. The summed E-state index contributed by atoms with van der Waals surface area (Å²) in [5.41, 5.74) is 6.94. The van der Waals surface area contributed by atoms with Crippen LogP contribution in [-0.4, -0.2) is 16.6 Å². The third kappa shape index (κ3) is 8.55. The maximum Gasteiger partial charge on any atom is 0.177 e. The molecule has 0 bridgehead atoms. The highest BCUT2D eigenvalue weighted by Gasteiger charge is 2.36. The van der Waals surface area contributed by atoms with Crippen LogP contribution in [0.1, 0.15) is 78.1 Å². The first-order valence-corrected chi connectivity index (χ1v) is 18.4. The van der Waals surface area contributed by atoms with E-state index in [4.69, 9.17) is 4.12 Å². The summed E-state index contributed by atoms with van der Waals surface area (Å²) in [5.74, 6) is 0. The van der Waals surface area contributed by atoms with Crippen LogP contribution in [0.5, 0.6) is 0 Å². The van der Waals surface area contributed by atoms with E-state index in [0.29, 0.717) is 0 Å². The van der Waals surface area contributed by atoms with E-state index < -0.39 is 16.6 Å². The molecule has 0 heterocycles. The minimum absolute atomic E-state index is 1.15. The molecule has 0 aromatic heterocycles. The second-order valence-electron chi connectivity index (χ2n) is 10.3. The lowest BCUT2D eigenvalue weighted by molar-refractivity contribution is 0.543. The summed E-state index contributed by atoms with van der Waals surface area (Å²) in [6.07, 6.45) is 22.0. The van der Waals surface area contributed by atoms with Gasteiger partial charge in [-0.1, -0.05) is 60.4 Å².